The van der Waals surface area contributed by atoms with Crippen LogP contribution >= 0.6 is 0 Å². The fraction of sp³-hybridized carbons (Fsp3) is 0.455. The average Bonchev–Trinajstić information content (AvgIpc) is 2.17. The fourth-order valence-electron chi connectivity index (χ4n) is 1.31. The molecular formula is C11H18N2. The fourth-order valence-corrected chi connectivity index (χ4v) is 1.31. The van der Waals surface area contributed by atoms with E-state index >= 15 is 0 Å². The van der Waals surface area contributed by atoms with Crippen LogP contribution in [0.15, 0.2) is 30.3 Å². The molecule has 2 atom stereocenters. The van der Waals surface area contributed by atoms with E-state index in [1.807, 2.05) is 30.3 Å². The van der Waals surface area contributed by atoms with Crippen LogP contribution in [0.1, 0.15) is 25.5 Å². The van der Waals surface area contributed by atoms with Crippen LogP contribution < -0.4 is 11.5 Å². The van der Waals surface area contributed by atoms with Gasteiger partial charge in [0.2, 0.25) is 0 Å². The Morgan fingerprint density at radius 2 is 1.54 bits per heavy atom. The monoisotopic (exact) mass is 178 g/mol. The summed E-state index contributed by atoms with van der Waals surface area (Å²) < 4.78 is 0. The number of rotatable bonds is 3. The van der Waals surface area contributed by atoms with Crippen molar-refractivity contribution in [2.45, 2.75) is 25.9 Å². The van der Waals surface area contributed by atoms with Crippen molar-refractivity contribution in [2.75, 3.05) is 0 Å². The molecule has 0 aliphatic carbocycles. The van der Waals surface area contributed by atoms with Gasteiger partial charge >= 0.3 is 0 Å². The molecule has 0 radical (unpaired) electrons. The van der Waals surface area contributed by atoms with Gasteiger partial charge in [-0.1, -0.05) is 44.2 Å². The maximum atomic E-state index is 6.01. The number of benzene rings is 1. The third kappa shape index (κ3) is 2.54. The van der Waals surface area contributed by atoms with Crippen molar-refractivity contribution in [3.8, 4) is 0 Å². The van der Waals surface area contributed by atoms with E-state index in [-0.39, 0.29) is 12.1 Å². The summed E-state index contributed by atoms with van der Waals surface area (Å²) in [6.45, 7) is 4.18. The van der Waals surface area contributed by atoms with Gasteiger partial charge < -0.3 is 11.5 Å². The summed E-state index contributed by atoms with van der Waals surface area (Å²) in [6, 6.07) is 9.98. The highest BCUT2D eigenvalue weighted by molar-refractivity contribution is 5.20. The molecule has 72 valence electrons. The Balaban J connectivity index is 2.73. The summed E-state index contributed by atoms with van der Waals surface area (Å²) in [5.74, 6) is 0.412. The SMILES string of the molecule is CC(C)C(N)C(N)c1ccccc1. The minimum absolute atomic E-state index is 0.0300. The van der Waals surface area contributed by atoms with Crippen LogP contribution in [-0.2, 0) is 0 Å². The highest BCUT2D eigenvalue weighted by Gasteiger charge is 2.17. The molecule has 0 spiro atoms. The zero-order valence-corrected chi connectivity index (χ0v) is 8.27. The second kappa shape index (κ2) is 4.40. The Hall–Kier alpha value is -0.860. The topological polar surface area (TPSA) is 52.0 Å². The molecular weight excluding hydrogens is 160 g/mol. The van der Waals surface area contributed by atoms with Gasteiger partial charge in [-0.25, -0.2) is 0 Å². The van der Waals surface area contributed by atoms with Gasteiger partial charge in [-0.05, 0) is 11.5 Å². The second-order valence-electron chi connectivity index (χ2n) is 3.76. The molecule has 0 saturated carbocycles. The Kier molecular flexibility index (Phi) is 3.46. The maximum absolute atomic E-state index is 6.01. The van der Waals surface area contributed by atoms with Crippen LogP contribution in [0.3, 0.4) is 0 Å². The van der Waals surface area contributed by atoms with E-state index in [4.69, 9.17) is 11.5 Å². The van der Waals surface area contributed by atoms with E-state index in [1.54, 1.807) is 0 Å². The molecule has 0 saturated heterocycles. The van der Waals surface area contributed by atoms with Crippen LogP contribution in [-0.4, -0.2) is 6.04 Å². The lowest BCUT2D eigenvalue weighted by Crippen LogP contribution is -2.38. The number of hydrogen-bond acceptors (Lipinski definition) is 2. The molecule has 13 heavy (non-hydrogen) atoms. The standard InChI is InChI=1S/C11H18N2/c1-8(2)10(12)11(13)9-6-4-3-5-7-9/h3-8,10-11H,12-13H2,1-2H3. The Labute approximate surface area is 79.9 Å². The van der Waals surface area contributed by atoms with Gasteiger partial charge in [0.15, 0.2) is 0 Å². The first kappa shape index (κ1) is 10.2. The van der Waals surface area contributed by atoms with E-state index in [0.29, 0.717) is 5.92 Å². The third-order valence-electron chi connectivity index (χ3n) is 2.37. The van der Waals surface area contributed by atoms with Crippen molar-refractivity contribution in [3.05, 3.63) is 35.9 Å². The zero-order chi connectivity index (χ0) is 9.84. The zero-order valence-electron chi connectivity index (χ0n) is 8.27. The average molecular weight is 178 g/mol. The molecule has 0 amide bonds. The number of nitrogens with two attached hydrogens (primary N) is 2. The summed E-state index contributed by atoms with van der Waals surface area (Å²) in [5.41, 5.74) is 13.1. The molecule has 1 rings (SSSR count). The first-order valence-electron chi connectivity index (χ1n) is 4.69. The molecule has 4 N–H and O–H groups in total. The first-order valence-corrected chi connectivity index (χ1v) is 4.69. The summed E-state index contributed by atoms with van der Waals surface area (Å²) in [7, 11) is 0. The highest BCUT2D eigenvalue weighted by Crippen LogP contribution is 2.16. The van der Waals surface area contributed by atoms with Gasteiger partial charge in [-0.2, -0.15) is 0 Å². The lowest BCUT2D eigenvalue weighted by molar-refractivity contribution is 0.423. The van der Waals surface area contributed by atoms with Crippen molar-refractivity contribution in [2.24, 2.45) is 17.4 Å². The van der Waals surface area contributed by atoms with Gasteiger partial charge in [0.1, 0.15) is 0 Å². The molecule has 1 aromatic carbocycles. The lowest BCUT2D eigenvalue weighted by Gasteiger charge is -2.23. The summed E-state index contributed by atoms with van der Waals surface area (Å²) >= 11 is 0. The van der Waals surface area contributed by atoms with Crippen LogP contribution in [0, 0.1) is 5.92 Å². The molecule has 0 fully saturated rings. The Morgan fingerprint density at radius 3 is 2.00 bits per heavy atom. The largest absolute Gasteiger partial charge is 0.326 e. The van der Waals surface area contributed by atoms with Crippen molar-refractivity contribution in [1.82, 2.24) is 0 Å². The molecule has 2 nitrogen and oxygen atoms in total. The first-order chi connectivity index (χ1) is 6.13. The predicted octanol–water partition coefficient (Wildman–Crippen LogP) is 1.67. The van der Waals surface area contributed by atoms with Crippen molar-refractivity contribution >= 4 is 0 Å². The summed E-state index contributed by atoms with van der Waals surface area (Å²) in [4.78, 5) is 0. The third-order valence-corrected chi connectivity index (χ3v) is 2.37. The number of hydrogen-bond donors (Lipinski definition) is 2. The minimum atomic E-state index is -0.0544. The van der Waals surface area contributed by atoms with Crippen LogP contribution in [0.4, 0.5) is 0 Å². The Bertz CT molecular complexity index is 244. The van der Waals surface area contributed by atoms with Crippen molar-refractivity contribution < 1.29 is 0 Å². The molecule has 0 aliphatic heterocycles. The van der Waals surface area contributed by atoms with Gasteiger partial charge in [0, 0.05) is 12.1 Å². The highest BCUT2D eigenvalue weighted by atomic mass is 14.8. The molecule has 2 heteroatoms. The quantitative estimate of drug-likeness (QED) is 0.739. The lowest BCUT2D eigenvalue weighted by atomic mass is 9.93. The molecule has 0 aliphatic rings. The van der Waals surface area contributed by atoms with Crippen LogP contribution in [0.5, 0.6) is 0 Å². The Morgan fingerprint density at radius 1 is 1.00 bits per heavy atom. The molecule has 2 unspecified atom stereocenters. The van der Waals surface area contributed by atoms with Crippen molar-refractivity contribution in [1.29, 1.82) is 0 Å². The van der Waals surface area contributed by atoms with Gasteiger partial charge in [-0.3, -0.25) is 0 Å². The molecule has 0 heterocycles. The van der Waals surface area contributed by atoms with E-state index in [9.17, 15) is 0 Å². The van der Waals surface area contributed by atoms with Crippen LogP contribution in [0.2, 0.25) is 0 Å². The maximum Gasteiger partial charge on any atom is 0.0451 e. The second-order valence-corrected chi connectivity index (χ2v) is 3.76. The molecule has 0 bridgehead atoms. The van der Waals surface area contributed by atoms with Crippen LogP contribution in [0.25, 0.3) is 0 Å². The normalized spacial score (nSPS) is 15.8. The van der Waals surface area contributed by atoms with E-state index < -0.39 is 0 Å². The van der Waals surface area contributed by atoms with Gasteiger partial charge in [0.25, 0.3) is 0 Å². The van der Waals surface area contributed by atoms with E-state index in [2.05, 4.69) is 13.8 Å². The minimum Gasteiger partial charge on any atom is -0.326 e. The predicted molar refractivity (Wildman–Crippen MR) is 56.2 cm³/mol. The van der Waals surface area contributed by atoms with E-state index in [0.717, 1.165) is 5.56 Å². The smallest absolute Gasteiger partial charge is 0.0451 e. The van der Waals surface area contributed by atoms with E-state index in [1.165, 1.54) is 0 Å². The van der Waals surface area contributed by atoms with Gasteiger partial charge in [0.05, 0.1) is 0 Å². The summed E-state index contributed by atoms with van der Waals surface area (Å²) in [6.07, 6.45) is 0. The van der Waals surface area contributed by atoms with Crippen molar-refractivity contribution in [3.63, 3.8) is 0 Å². The van der Waals surface area contributed by atoms with Gasteiger partial charge in [-0.15, -0.1) is 0 Å². The molecule has 1 aromatic rings. The summed E-state index contributed by atoms with van der Waals surface area (Å²) in [5, 5.41) is 0. The molecule has 0 aromatic heterocycles.